The predicted molar refractivity (Wildman–Crippen MR) is 72.4 cm³/mol. The van der Waals surface area contributed by atoms with Crippen LogP contribution in [0.25, 0.3) is 11.1 Å². The molecule has 1 aliphatic rings. The van der Waals surface area contributed by atoms with Crippen LogP contribution in [0.1, 0.15) is 15.9 Å². The molecule has 20 heavy (non-hydrogen) atoms. The van der Waals surface area contributed by atoms with E-state index in [0.29, 0.717) is 12.2 Å². The molecule has 0 bridgehead atoms. The largest absolute Gasteiger partial charge is 0.492 e. The summed E-state index contributed by atoms with van der Waals surface area (Å²) in [5.41, 5.74) is 2.71. The van der Waals surface area contributed by atoms with Crippen molar-refractivity contribution in [3.8, 4) is 16.9 Å². The highest BCUT2D eigenvalue weighted by molar-refractivity contribution is 5.91. The fraction of sp³-hybridized carbons (Fsp3) is 0.188. The Morgan fingerprint density at radius 2 is 2.15 bits per heavy atom. The number of para-hydroxylation sites is 1. The summed E-state index contributed by atoms with van der Waals surface area (Å²) >= 11 is 0. The molecule has 0 aliphatic carbocycles. The minimum Gasteiger partial charge on any atom is -0.492 e. The molecule has 2 aromatic carbocycles. The molecule has 0 amide bonds. The molecular weight excluding hydrogens is 259 g/mol. The van der Waals surface area contributed by atoms with Crippen LogP contribution in [0.2, 0.25) is 0 Å². The molecule has 0 spiro atoms. The van der Waals surface area contributed by atoms with E-state index >= 15 is 0 Å². The van der Waals surface area contributed by atoms with Gasteiger partial charge in [0.2, 0.25) is 0 Å². The Kier molecular flexibility index (Phi) is 3.14. The van der Waals surface area contributed by atoms with Gasteiger partial charge in [0.25, 0.3) is 0 Å². The first-order chi connectivity index (χ1) is 9.69. The first-order valence-electron chi connectivity index (χ1n) is 6.33. The Bertz CT molecular complexity index is 679. The maximum Gasteiger partial charge on any atom is 0.337 e. The van der Waals surface area contributed by atoms with Crippen LogP contribution >= 0.6 is 0 Å². The first kappa shape index (κ1) is 12.7. The monoisotopic (exact) mass is 272 g/mol. The lowest BCUT2D eigenvalue weighted by atomic mass is 9.99. The molecule has 1 heterocycles. The van der Waals surface area contributed by atoms with Crippen LogP contribution in [-0.2, 0) is 11.2 Å². The molecule has 0 unspecified atom stereocenters. The molecule has 3 nitrogen and oxygen atoms in total. The van der Waals surface area contributed by atoms with Crippen molar-refractivity contribution in [3.63, 3.8) is 0 Å². The van der Waals surface area contributed by atoms with Gasteiger partial charge in [-0.3, -0.25) is 0 Å². The fourth-order valence-corrected chi connectivity index (χ4v) is 2.42. The van der Waals surface area contributed by atoms with Gasteiger partial charge in [-0.2, -0.15) is 0 Å². The summed E-state index contributed by atoms with van der Waals surface area (Å²) in [7, 11) is 1.27. The van der Waals surface area contributed by atoms with Crippen LogP contribution in [0.3, 0.4) is 0 Å². The van der Waals surface area contributed by atoms with E-state index in [2.05, 4.69) is 4.74 Å². The zero-order valence-corrected chi connectivity index (χ0v) is 11.0. The van der Waals surface area contributed by atoms with Gasteiger partial charge in [0.05, 0.1) is 19.3 Å². The minimum atomic E-state index is -0.556. The van der Waals surface area contributed by atoms with Crippen LogP contribution in [0.4, 0.5) is 4.39 Å². The van der Waals surface area contributed by atoms with Crippen molar-refractivity contribution in [3.05, 3.63) is 53.3 Å². The van der Waals surface area contributed by atoms with Gasteiger partial charge in [-0.1, -0.05) is 18.2 Å². The number of fused-ring (bicyclic) bond motifs is 1. The van der Waals surface area contributed by atoms with E-state index in [1.165, 1.54) is 19.2 Å². The van der Waals surface area contributed by atoms with Crippen molar-refractivity contribution in [2.24, 2.45) is 0 Å². The molecule has 0 atom stereocenters. The lowest BCUT2D eigenvalue weighted by Gasteiger charge is -2.09. The van der Waals surface area contributed by atoms with Gasteiger partial charge in [0.15, 0.2) is 0 Å². The van der Waals surface area contributed by atoms with E-state index in [1.807, 2.05) is 18.2 Å². The highest BCUT2D eigenvalue weighted by Crippen LogP contribution is 2.37. The van der Waals surface area contributed by atoms with Crippen molar-refractivity contribution in [1.29, 1.82) is 0 Å². The molecule has 0 N–H and O–H groups in total. The summed E-state index contributed by atoms with van der Waals surface area (Å²) in [4.78, 5) is 11.6. The second-order valence-electron chi connectivity index (χ2n) is 4.61. The van der Waals surface area contributed by atoms with Gasteiger partial charge >= 0.3 is 5.97 Å². The van der Waals surface area contributed by atoms with E-state index in [1.54, 1.807) is 6.07 Å². The third-order valence-corrected chi connectivity index (χ3v) is 3.34. The van der Waals surface area contributed by atoms with Crippen LogP contribution in [0, 0.1) is 5.82 Å². The second-order valence-corrected chi connectivity index (χ2v) is 4.61. The van der Waals surface area contributed by atoms with Crippen molar-refractivity contribution < 1.29 is 18.7 Å². The van der Waals surface area contributed by atoms with Crippen LogP contribution in [0.15, 0.2) is 36.4 Å². The number of carbonyl (C=O) groups excluding carboxylic acids is 1. The SMILES string of the molecule is COC(=O)c1cc(F)cc(-c2cccc3c2OCC3)c1. The predicted octanol–water partition coefficient (Wildman–Crippen LogP) is 3.21. The maximum absolute atomic E-state index is 13.7. The zero-order chi connectivity index (χ0) is 14.1. The number of carbonyl (C=O) groups is 1. The van der Waals surface area contributed by atoms with Gasteiger partial charge in [-0.15, -0.1) is 0 Å². The highest BCUT2D eigenvalue weighted by Gasteiger charge is 2.18. The van der Waals surface area contributed by atoms with Crippen LogP contribution in [0.5, 0.6) is 5.75 Å². The van der Waals surface area contributed by atoms with Gasteiger partial charge < -0.3 is 9.47 Å². The van der Waals surface area contributed by atoms with Gasteiger partial charge in [-0.05, 0) is 29.3 Å². The first-order valence-corrected chi connectivity index (χ1v) is 6.33. The third kappa shape index (κ3) is 2.13. The Balaban J connectivity index is 2.13. The number of halogens is 1. The van der Waals surface area contributed by atoms with Crippen molar-refractivity contribution >= 4 is 5.97 Å². The number of esters is 1. The Morgan fingerprint density at radius 1 is 1.30 bits per heavy atom. The maximum atomic E-state index is 13.7. The summed E-state index contributed by atoms with van der Waals surface area (Å²) in [5.74, 6) is -0.258. The summed E-state index contributed by atoms with van der Waals surface area (Å²) in [6.45, 7) is 0.630. The molecule has 0 saturated heterocycles. The van der Waals surface area contributed by atoms with Gasteiger partial charge in [-0.25, -0.2) is 9.18 Å². The number of hydrogen-bond acceptors (Lipinski definition) is 3. The Morgan fingerprint density at radius 3 is 2.95 bits per heavy atom. The molecule has 4 heteroatoms. The lowest BCUT2D eigenvalue weighted by Crippen LogP contribution is -2.02. The molecule has 0 aromatic heterocycles. The van der Waals surface area contributed by atoms with E-state index < -0.39 is 11.8 Å². The molecule has 3 rings (SSSR count). The van der Waals surface area contributed by atoms with Crippen molar-refractivity contribution in [2.75, 3.05) is 13.7 Å². The zero-order valence-electron chi connectivity index (χ0n) is 11.0. The molecule has 0 saturated carbocycles. The van der Waals surface area contributed by atoms with Gasteiger partial charge in [0, 0.05) is 12.0 Å². The fourth-order valence-electron chi connectivity index (χ4n) is 2.42. The molecule has 1 aliphatic heterocycles. The van der Waals surface area contributed by atoms with Crippen LogP contribution in [-0.4, -0.2) is 19.7 Å². The second kappa shape index (κ2) is 4.96. The molecule has 2 aromatic rings. The third-order valence-electron chi connectivity index (χ3n) is 3.34. The molecule has 0 radical (unpaired) electrons. The average molecular weight is 272 g/mol. The molecular formula is C16H13FO3. The number of benzene rings is 2. The Labute approximate surface area is 115 Å². The Hall–Kier alpha value is -2.36. The number of ether oxygens (including phenoxy) is 2. The van der Waals surface area contributed by atoms with E-state index in [0.717, 1.165) is 23.3 Å². The molecule has 102 valence electrons. The smallest absolute Gasteiger partial charge is 0.337 e. The average Bonchev–Trinajstić information content (AvgIpc) is 2.94. The van der Waals surface area contributed by atoms with E-state index in [-0.39, 0.29) is 5.56 Å². The lowest BCUT2D eigenvalue weighted by molar-refractivity contribution is 0.0600. The minimum absolute atomic E-state index is 0.193. The summed E-state index contributed by atoms with van der Waals surface area (Å²) in [5, 5.41) is 0. The van der Waals surface area contributed by atoms with Gasteiger partial charge in [0.1, 0.15) is 11.6 Å². The van der Waals surface area contributed by atoms with E-state index in [9.17, 15) is 9.18 Å². The topological polar surface area (TPSA) is 35.5 Å². The summed E-state index contributed by atoms with van der Waals surface area (Å²) in [6, 6.07) is 9.94. The number of hydrogen-bond donors (Lipinski definition) is 0. The van der Waals surface area contributed by atoms with Crippen molar-refractivity contribution in [2.45, 2.75) is 6.42 Å². The van der Waals surface area contributed by atoms with Crippen molar-refractivity contribution in [1.82, 2.24) is 0 Å². The standard InChI is InChI=1S/C16H13FO3/c1-19-16(18)12-7-11(8-13(17)9-12)14-4-2-3-10-5-6-20-15(10)14/h2-4,7-9H,5-6H2,1H3. The summed E-state index contributed by atoms with van der Waals surface area (Å²) < 4.78 is 24.0. The number of rotatable bonds is 2. The molecule has 0 fully saturated rings. The van der Waals surface area contributed by atoms with Crippen LogP contribution < -0.4 is 4.74 Å². The normalized spacial score (nSPS) is 12.7. The summed E-state index contributed by atoms with van der Waals surface area (Å²) in [6.07, 6.45) is 0.850. The number of methoxy groups -OCH3 is 1. The quantitative estimate of drug-likeness (QED) is 0.787. The van der Waals surface area contributed by atoms with E-state index in [4.69, 9.17) is 4.74 Å². The highest BCUT2D eigenvalue weighted by atomic mass is 19.1.